The molecule has 0 atom stereocenters. The van der Waals surface area contributed by atoms with Crippen LogP contribution in [0.4, 0.5) is 0 Å². The Morgan fingerprint density at radius 3 is 2.70 bits per heavy atom. The Bertz CT molecular complexity index is 866. The molecule has 1 heterocycles. The molecule has 0 N–H and O–H groups in total. The van der Waals surface area contributed by atoms with Gasteiger partial charge in [-0.25, -0.2) is 8.42 Å². The molecule has 0 fully saturated rings. The number of allylic oxidation sites excluding steroid dienone is 1. The largest absolute Gasteiger partial charge is 0.273 e. The fraction of sp³-hybridized carbons (Fsp3) is 0.353. The van der Waals surface area contributed by atoms with Gasteiger partial charge in [0.2, 0.25) is 10.0 Å². The summed E-state index contributed by atoms with van der Waals surface area (Å²) < 4.78 is 28.9. The third kappa shape index (κ3) is 2.96. The Morgan fingerprint density at radius 2 is 2.00 bits per heavy atom. The van der Waals surface area contributed by atoms with E-state index in [9.17, 15) is 8.42 Å². The third-order valence-electron chi connectivity index (χ3n) is 4.48. The predicted molar refractivity (Wildman–Crippen MR) is 91.1 cm³/mol. The number of aryl methyl sites for hydroxylation is 2. The van der Waals surface area contributed by atoms with Crippen molar-refractivity contribution in [1.29, 1.82) is 0 Å². The second-order valence-corrected chi connectivity index (χ2v) is 8.05. The molecule has 0 radical (unpaired) electrons. The SMILES string of the molecule is Cc1c(CN(C)S(=O)(=O)C2=Cc3ccccc3CC2)cnn1C. The van der Waals surface area contributed by atoms with Crippen LogP contribution in [0.2, 0.25) is 0 Å². The summed E-state index contributed by atoms with van der Waals surface area (Å²) in [6.45, 7) is 2.28. The summed E-state index contributed by atoms with van der Waals surface area (Å²) >= 11 is 0. The molecule has 1 aromatic carbocycles. The molecular formula is C17H21N3O2S. The van der Waals surface area contributed by atoms with Crippen molar-refractivity contribution in [2.75, 3.05) is 7.05 Å². The zero-order chi connectivity index (χ0) is 16.6. The third-order valence-corrected chi connectivity index (χ3v) is 6.42. The smallest absolute Gasteiger partial charge is 0.239 e. The number of aromatic nitrogens is 2. The van der Waals surface area contributed by atoms with Crippen LogP contribution in [0.5, 0.6) is 0 Å². The van der Waals surface area contributed by atoms with E-state index >= 15 is 0 Å². The van der Waals surface area contributed by atoms with Gasteiger partial charge in [-0.1, -0.05) is 24.3 Å². The lowest BCUT2D eigenvalue weighted by Gasteiger charge is -2.22. The second-order valence-electron chi connectivity index (χ2n) is 5.95. The summed E-state index contributed by atoms with van der Waals surface area (Å²) in [7, 11) is 0.0301. The number of benzene rings is 1. The molecule has 0 spiro atoms. The van der Waals surface area contributed by atoms with E-state index in [2.05, 4.69) is 11.2 Å². The van der Waals surface area contributed by atoms with Crippen molar-refractivity contribution < 1.29 is 8.42 Å². The minimum absolute atomic E-state index is 0.334. The van der Waals surface area contributed by atoms with E-state index in [0.29, 0.717) is 17.9 Å². The van der Waals surface area contributed by atoms with Gasteiger partial charge in [0, 0.05) is 31.9 Å². The lowest BCUT2D eigenvalue weighted by molar-refractivity contribution is 0.470. The standard InChI is InChI=1S/C17H21N3O2S/c1-13-16(11-18-20(13)3)12-19(2)23(21,22)17-9-8-14-6-4-5-7-15(14)10-17/h4-7,10-11H,8-9,12H2,1-3H3. The highest BCUT2D eigenvalue weighted by molar-refractivity contribution is 7.93. The highest BCUT2D eigenvalue weighted by Gasteiger charge is 2.26. The number of fused-ring (bicyclic) bond motifs is 1. The van der Waals surface area contributed by atoms with Gasteiger partial charge in [0.15, 0.2) is 0 Å². The van der Waals surface area contributed by atoms with Gasteiger partial charge in [-0.2, -0.15) is 9.40 Å². The summed E-state index contributed by atoms with van der Waals surface area (Å²) in [4.78, 5) is 0.486. The van der Waals surface area contributed by atoms with Crippen molar-refractivity contribution in [1.82, 2.24) is 14.1 Å². The van der Waals surface area contributed by atoms with E-state index in [-0.39, 0.29) is 0 Å². The lowest BCUT2D eigenvalue weighted by Crippen LogP contribution is -2.28. The lowest BCUT2D eigenvalue weighted by atomic mass is 9.98. The molecule has 3 rings (SSSR count). The van der Waals surface area contributed by atoms with Gasteiger partial charge < -0.3 is 0 Å². The van der Waals surface area contributed by atoms with Crippen molar-refractivity contribution in [3.8, 4) is 0 Å². The van der Waals surface area contributed by atoms with Gasteiger partial charge in [0.25, 0.3) is 0 Å². The Kier molecular flexibility index (Phi) is 4.12. The van der Waals surface area contributed by atoms with Gasteiger partial charge in [-0.05, 0) is 37.0 Å². The molecule has 5 nitrogen and oxygen atoms in total. The second kappa shape index (κ2) is 5.94. The summed E-state index contributed by atoms with van der Waals surface area (Å²) in [5.74, 6) is 0. The van der Waals surface area contributed by atoms with Gasteiger partial charge in [0.05, 0.1) is 11.1 Å². The summed E-state index contributed by atoms with van der Waals surface area (Å²) in [6.07, 6.45) is 4.85. The summed E-state index contributed by atoms with van der Waals surface area (Å²) in [5, 5.41) is 4.17. The molecule has 1 aromatic heterocycles. The maximum atomic E-state index is 12.8. The van der Waals surface area contributed by atoms with E-state index in [4.69, 9.17) is 0 Å². The quantitative estimate of drug-likeness (QED) is 0.865. The summed E-state index contributed by atoms with van der Waals surface area (Å²) in [5.41, 5.74) is 4.12. The topological polar surface area (TPSA) is 55.2 Å². The molecule has 0 unspecified atom stereocenters. The number of nitrogens with zero attached hydrogens (tertiary/aromatic N) is 3. The number of rotatable bonds is 4. The van der Waals surface area contributed by atoms with Crippen LogP contribution in [-0.4, -0.2) is 29.6 Å². The van der Waals surface area contributed by atoms with Crippen LogP contribution < -0.4 is 0 Å². The van der Waals surface area contributed by atoms with Crippen molar-refractivity contribution in [3.63, 3.8) is 0 Å². The fourth-order valence-electron chi connectivity index (χ4n) is 2.83. The van der Waals surface area contributed by atoms with Crippen LogP contribution in [0.25, 0.3) is 6.08 Å². The molecule has 6 heteroatoms. The highest BCUT2D eigenvalue weighted by atomic mass is 32.2. The van der Waals surface area contributed by atoms with Crippen LogP contribution in [-0.2, 0) is 30.0 Å². The first kappa shape index (κ1) is 16.0. The molecule has 23 heavy (non-hydrogen) atoms. The first-order chi connectivity index (χ1) is 10.9. The molecule has 0 saturated heterocycles. The zero-order valence-electron chi connectivity index (χ0n) is 13.7. The van der Waals surface area contributed by atoms with Crippen LogP contribution in [0.15, 0.2) is 35.4 Å². The molecule has 1 aliphatic carbocycles. The molecule has 122 valence electrons. The van der Waals surface area contributed by atoms with Crippen molar-refractivity contribution in [2.45, 2.75) is 26.3 Å². The minimum atomic E-state index is -3.45. The number of hydrogen-bond acceptors (Lipinski definition) is 3. The van der Waals surface area contributed by atoms with Crippen molar-refractivity contribution >= 4 is 16.1 Å². The van der Waals surface area contributed by atoms with Crippen molar-refractivity contribution in [2.24, 2.45) is 7.05 Å². The molecule has 0 amide bonds. The molecule has 2 aromatic rings. The van der Waals surface area contributed by atoms with E-state index < -0.39 is 10.0 Å². The maximum Gasteiger partial charge on any atom is 0.239 e. The Balaban J connectivity index is 1.87. The first-order valence-electron chi connectivity index (χ1n) is 7.62. The zero-order valence-corrected chi connectivity index (χ0v) is 14.5. The Labute approximate surface area is 137 Å². The van der Waals surface area contributed by atoms with E-state index in [1.165, 1.54) is 9.87 Å². The van der Waals surface area contributed by atoms with E-state index in [1.54, 1.807) is 24.0 Å². The Hall–Kier alpha value is -1.92. The van der Waals surface area contributed by atoms with Crippen LogP contribution in [0, 0.1) is 6.92 Å². The molecule has 0 saturated carbocycles. The van der Waals surface area contributed by atoms with E-state index in [1.807, 2.05) is 32.2 Å². The van der Waals surface area contributed by atoms with Gasteiger partial charge in [-0.15, -0.1) is 0 Å². The number of hydrogen-bond donors (Lipinski definition) is 0. The monoisotopic (exact) mass is 331 g/mol. The molecule has 0 aliphatic heterocycles. The van der Waals surface area contributed by atoms with E-state index in [0.717, 1.165) is 23.2 Å². The van der Waals surface area contributed by atoms with Crippen LogP contribution in [0.3, 0.4) is 0 Å². The fourth-order valence-corrected chi connectivity index (χ4v) is 4.18. The normalized spacial score (nSPS) is 14.7. The summed E-state index contributed by atoms with van der Waals surface area (Å²) in [6, 6.07) is 7.95. The molecule has 0 bridgehead atoms. The van der Waals surface area contributed by atoms with Crippen LogP contribution in [0.1, 0.15) is 28.8 Å². The predicted octanol–water partition coefficient (Wildman–Crippen LogP) is 2.48. The molecule has 1 aliphatic rings. The van der Waals surface area contributed by atoms with Gasteiger partial charge in [-0.3, -0.25) is 4.68 Å². The van der Waals surface area contributed by atoms with Crippen LogP contribution >= 0.6 is 0 Å². The van der Waals surface area contributed by atoms with Gasteiger partial charge >= 0.3 is 0 Å². The Morgan fingerprint density at radius 1 is 1.26 bits per heavy atom. The first-order valence-corrected chi connectivity index (χ1v) is 9.06. The average molecular weight is 331 g/mol. The van der Waals surface area contributed by atoms with Crippen molar-refractivity contribution in [3.05, 3.63) is 57.8 Å². The molecular weight excluding hydrogens is 310 g/mol. The maximum absolute atomic E-state index is 12.8. The highest BCUT2D eigenvalue weighted by Crippen LogP contribution is 2.29. The minimum Gasteiger partial charge on any atom is -0.273 e. The van der Waals surface area contributed by atoms with Gasteiger partial charge in [0.1, 0.15) is 0 Å². The number of sulfonamides is 1. The average Bonchev–Trinajstić information content (AvgIpc) is 2.86.